The summed E-state index contributed by atoms with van der Waals surface area (Å²) in [6.45, 7) is 2.93. The maximum absolute atomic E-state index is 10.7. The molecular formula is C13H17NO3. The number of benzene rings is 1. The number of hydrogen-bond donors (Lipinski definition) is 2. The van der Waals surface area contributed by atoms with Crippen molar-refractivity contribution in [3.63, 3.8) is 0 Å². The Kier molecular flexibility index (Phi) is 3.64. The summed E-state index contributed by atoms with van der Waals surface area (Å²) in [6, 6.07) is 7.03. The van der Waals surface area contributed by atoms with E-state index in [9.17, 15) is 4.79 Å². The second-order valence-corrected chi connectivity index (χ2v) is 4.37. The number of ether oxygens (including phenoxy) is 1. The molecule has 0 spiro atoms. The van der Waals surface area contributed by atoms with Crippen LogP contribution >= 0.6 is 0 Å². The molecule has 1 saturated heterocycles. The second kappa shape index (κ2) is 5.19. The van der Waals surface area contributed by atoms with Crippen molar-refractivity contribution < 1.29 is 14.6 Å². The van der Waals surface area contributed by atoms with Gasteiger partial charge in [-0.15, -0.1) is 0 Å². The summed E-state index contributed by atoms with van der Waals surface area (Å²) < 4.78 is 5.59. The summed E-state index contributed by atoms with van der Waals surface area (Å²) >= 11 is 0. The quantitative estimate of drug-likeness (QED) is 0.841. The largest absolute Gasteiger partial charge is 0.478 e. The van der Waals surface area contributed by atoms with Crippen molar-refractivity contribution in [3.05, 3.63) is 29.8 Å². The number of carboxylic acids is 1. The van der Waals surface area contributed by atoms with Crippen LogP contribution in [0.2, 0.25) is 0 Å². The Labute approximate surface area is 101 Å². The van der Waals surface area contributed by atoms with Gasteiger partial charge in [-0.2, -0.15) is 0 Å². The summed E-state index contributed by atoms with van der Waals surface area (Å²) in [5, 5.41) is 12.1. The number of carbonyl (C=O) groups is 1. The average molecular weight is 235 g/mol. The lowest BCUT2D eigenvalue weighted by atomic mass is 10.1. The molecule has 4 nitrogen and oxygen atoms in total. The number of nitrogens with one attached hydrogen (secondary N) is 1. The molecule has 1 fully saturated rings. The Bertz CT molecular complexity index is 382. The Hall–Kier alpha value is -1.55. The van der Waals surface area contributed by atoms with Gasteiger partial charge in [0, 0.05) is 18.3 Å². The van der Waals surface area contributed by atoms with E-state index in [0.29, 0.717) is 5.56 Å². The lowest BCUT2D eigenvalue weighted by molar-refractivity contribution is 0.0697. The van der Waals surface area contributed by atoms with E-state index in [2.05, 4.69) is 12.2 Å². The monoisotopic (exact) mass is 235 g/mol. The summed E-state index contributed by atoms with van der Waals surface area (Å²) in [6.07, 6.45) is 2.46. The van der Waals surface area contributed by atoms with E-state index >= 15 is 0 Å². The Balaban J connectivity index is 1.96. The number of aromatic carboxylic acids is 1. The summed E-state index contributed by atoms with van der Waals surface area (Å²) in [5.41, 5.74) is 1.23. The van der Waals surface area contributed by atoms with Crippen molar-refractivity contribution in [1.82, 2.24) is 0 Å². The average Bonchev–Trinajstić information content (AvgIpc) is 2.83. The highest BCUT2D eigenvalue weighted by atomic mass is 16.5. The molecule has 0 aromatic heterocycles. The highest BCUT2D eigenvalue weighted by molar-refractivity contribution is 5.87. The van der Waals surface area contributed by atoms with Gasteiger partial charge in [0.15, 0.2) is 0 Å². The molecule has 0 amide bonds. The predicted molar refractivity (Wildman–Crippen MR) is 65.5 cm³/mol. The minimum absolute atomic E-state index is 0.244. The van der Waals surface area contributed by atoms with Crippen LogP contribution in [-0.4, -0.2) is 29.8 Å². The first-order chi connectivity index (χ1) is 8.16. The van der Waals surface area contributed by atoms with Crippen molar-refractivity contribution >= 4 is 11.7 Å². The zero-order chi connectivity index (χ0) is 12.3. The van der Waals surface area contributed by atoms with Crippen LogP contribution in [-0.2, 0) is 4.74 Å². The molecule has 92 valence electrons. The molecule has 0 saturated carbocycles. The van der Waals surface area contributed by atoms with Crippen LogP contribution in [0.15, 0.2) is 24.3 Å². The molecule has 1 aliphatic heterocycles. The molecule has 1 aliphatic rings. The van der Waals surface area contributed by atoms with Gasteiger partial charge in [-0.25, -0.2) is 4.79 Å². The molecule has 2 unspecified atom stereocenters. The Morgan fingerprint density at radius 2 is 2.18 bits per heavy atom. The maximum atomic E-state index is 10.7. The zero-order valence-electron chi connectivity index (χ0n) is 9.85. The number of anilines is 1. The van der Waals surface area contributed by atoms with Gasteiger partial charge < -0.3 is 15.2 Å². The highest BCUT2D eigenvalue weighted by Gasteiger charge is 2.21. The molecule has 4 heteroatoms. The minimum atomic E-state index is -0.899. The molecule has 2 atom stereocenters. The van der Waals surface area contributed by atoms with Crippen LogP contribution in [0.4, 0.5) is 5.69 Å². The van der Waals surface area contributed by atoms with Gasteiger partial charge >= 0.3 is 5.97 Å². The number of carboxylic acid groups (broad SMARTS) is 1. The summed E-state index contributed by atoms with van der Waals surface area (Å²) in [7, 11) is 0. The molecule has 2 N–H and O–H groups in total. The van der Waals surface area contributed by atoms with Gasteiger partial charge in [0.25, 0.3) is 0 Å². The van der Waals surface area contributed by atoms with Crippen molar-refractivity contribution in [2.45, 2.75) is 31.9 Å². The van der Waals surface area contributed by atoms with Crippen LogP contribution in [0, 0.1) is 0 Å². The van der Waals surface area contributed by atoms with Crippen molar-refractivity contribution in [1.29, 1.82) is 0 Å². The van der Waals surface area contributed by atoms with Crippen molar-refractivity contribution in [3.8, 4) is 0 Å². The Morgan fingerprint density at radius 1 is 1.47 bits per heavy atom. The fourth-order valence-corrected chi connectivity index (χ4v) is 2.06. The van der Waals surface area contributed by atoms with Gasteiger partial charge in [0.2, 0.25) is 0 Å². The third kappa shape index (κ3) is 2.97. The molecule has 0 bridgehead atoms. The molecule has 1 aromatic carbocycles. The van der Waals surface area contributed by atoms with E-state index in [1.165, 1.54) is 0 Å². The summed E-state index contributed by atoms with van der Waals surface area (Å²) in [4.78, 5) is 10.7. The van der Waals surface area contributed by atoms with E-state index in [1.54, 1.807) is 24.3 Å². The lowest BCUT2D eigenvalue weighted by Gasteiger charge is -2.21. The predicted octanol–water partition coefficient (Wildman–Crippen LogP) is 2.36. The number of rotatable bonds is 4. The first-order valence-electron chi connectivity index (χ1n) is 5.88. The van der Waals surface area contributed by atoms with E-state index in [-0.39, 0.29) is 12.1 Å². The van der Waals surface area contributed by atoms with Crippen molar-refractivity contribution in [2.75, 3.05) is 11.9 Å². The van der Waals surface area contributed by atoms with E-state index < -0.39 is 5.97 Å². The van der Waals surface area contributed by atoms with E-state index in [0.717, 1.165) is 25.1 Å². The van der Waals surface area contributed by atoms with Gasteiger partial charge in [-0.05, 0) is 44.0 Å². The minimum Gasteiger partial charge on any atom is -0.478 e. The number of hydrogen-bond acceptors (Lipinski definition) is 3. The smallest absolute Gasteiger partial charge is 0.335 e. The molecule has 0 radical (unpaired) electrons. The third-order valence-corrected chi connectivity index (χ3v) is 3.05. The van der Waals surface area contributed by atoms with Crippen molar-refractivity contribution in [2.24, 2.45) is 0 Å². The van der Waals surface area contributed by atoms with E-state index in [4.69, 9.17) is 9.84 Å². The highest BCUT2D eigenvalue weighted by Crippen LogP contribution is 2.19. The normalized spacial score (nSPS) is 21.1. The maximum Gasteiger partial charge on any atom is 0.335 e. The SMILES string of the molecule is CC(Nc1ccc(C(=O)O)cc1)C1CCCO1. The Morgan fingerprint density at radius 3 is 2.71 bits per heavy atom. The first kappa shape index (κ1) is 11.9. The zero-order valence-corrected chi connectivity index (χ0v) is 9.85. The fraction of sp³-hybridized carbons (Fsp3) is 0.462. The molecular weight excluding hydrogens is 218 g/mol. The molecule has 1 aromatic rings. The van der Waals surface area contributed by atoms with E-state index in [1.807, 2.05) is 0 Å². The topological polar surface area (TPSA) is 58.6 Å². The standard InChI is InChI=1S/C13H17NO3/c1-9(12-3-2-8-17-12)14-11-6-4-10(5-7-11)13(15)16/h4-7,9,12,14H,2-3,8H2,1H3,(H,15,16). The third-order valence-electron chi connectivity index (χ3n) is 3.05. The van der Waals surface area contributed by atoms with Crippen LogP contribution in [0.25, 0.3) is 0 Å². The molecule has 0 aliphatic carbocycles. The van der Waals surface area contributed by atoms with Gasteiger partial charge in [0.05, 0.1) is 11.7 Å². The lowest BCUT2D eigenvalue weighted by Crippen LogP contribution is -2.29. The fourth-order valence-electron chi connectivity index (χ4n) is 2.06. The van der Waals surface area contributed by atoms with Gasteiger partial charge in [-0.1, -0.05) is 0 Å². The van der Waals surface area contributed by atoms with Crippen LogP contribution < -0.4 is 5.32 Å². The van der Waals surface area contributed by atoms with Gasteiger partial charge in [0.1, 0.15) is 0 Å². The van der Waals surface area contributed by atoms with Crippen LogP contribution in [0.5, 0.6) is 0 Å². The van der Waals surface area contributed by atoms with Crippen LogP contribution in [0.3, 0.4) is 0 Å². The second-order valence-electron chi connectivity index (χ2n) is 4.37. The van der Waals surface area contributed by atoms with Crippen LogP contribution in [0.1, 0.15) is 30.1 Å². The molecule has 17 heavy (non-hydrogen) atoms. The van der Waals surface area contributed by atoms with Gasteiger partial charge in [-0.3, -0.25) is 0 Å². The summed E-state index contributed by atoms with van der Waals surface area (Å²) in [5.74, 6) is -0.899. The molecule has 1 heterocycles. The molecule has 2 rings (SSSR count). The first-order valence-corrected chi connectivity index (χ1v) is 5.88.